The fourth-order valence-corrected chi connectivity index (χ4v) is 2.94. The van der Waals surface area contributed by atoms with Crippen LogP contribution in [-0.2, 0) is 13.6 Å². The van der Waals surface area contributed by atoms with E-state index in [0.29, 0.717) is 16.9 Å². The number of hydrogen-bond acceptors (Lipinski definition) is 4. The standard InChI is InChI=1S/C14H20N4O2S/c1-4-6-7-8-18-10-11(15-14(18)21-9-5-2)17(3)13(20)16-12(10)19/h5H,2,4,6-9H2,1,3H3,(H,16,19,20). The molecule has 1 N–H and O–H groups in total. The van der Waals surface area contributed by atoms with E-state index in [-0.39, 0.29) is 5.56 Å². The SMILES string of the molecule is C=CCSc1nc2c(c(=O)[nH]c(=O)n2C)n1CCCCC. The van der Waals surface area contributed by atoms with Gasteiger partial charge in [0.25, 0.3) is 5.56 Å². The largest absolute Gasteiger partial charge is 0.329 e. The molecule has 2 aromatic rings. The summed E-state index contributed by atoms with van der Waals surface area (Å²) in [5, 5.41) is 0.757. The molecule has 6 nitrogen and oxygen atoms in total. The maximum absolute atomic E-state index is 12.1. The fourth-order valence-electron chi connectivity index (χ4n) is 2.19. The highest BCUT2D eigenvalue weighted by atomic mass is 32.2. The fraction of sp³-hybridized carbons (Fsp3) is 0.500. The van der Waals surface area contributed by atoms with Gasteiger partial charge >= 0.3 is 5.69 Å². The number of fused-ring (bicyclic) bond motifs is 1. The van der Waals surface area contributed by atoms with Crippen LogP contribution in [0.4, 0.5) is 0 Å². The van der Waals surface area contributed by atoms with Crippen molar-refractivity contribution < 1.29 is 0 Å². The summed E-state index contributed by atoms with van der Waals surface area (Å²) in [5.74, 6) is 0.711. The molecule has 114 valence electrons. The molecule has 2 heterocycles. The first kappa shape index (κ1) is 15.6. The van der Waals surface area contributed by atoms with E-state index >= 15 is 0 Å². The van der Waals surface area contributed by atoms with Crippen molar-refractivity contribution in [3.05, 3.63) is 33.5 Å². The molecule has 0 spiro atoms. The van der Waals surface area contributed by atoms with E-state index in [4.69, 9.17) is 0 Å². The van der Waals surface area contributed by atoms with E-state index in [0.717, 1.165) is 31.0 Å². The first-order valence-electron chi connectivity index (χ1n) is 7.03. The minimum Gasteiger partial charge on any atom is -0.313 e. The van der Waals surface area contributed by atoms with E-state index in [1.165, 1.54) is 16.3 Å². The Morgan fingerprint density at radius 2 is 2.14 bits per heavy atom. The lowest BCUT2D eigenvalue weighted by atomic mass is 10.2. The molecule has 0 fully saturated rings. The summed E-state index contributed by atoms with van der Waals surface area (Å²) in [5.41, 5.74) is 0.0973. The number of nitrogens with one attached hydrogen (secondary N) is 1. The van der Waals surface area contributed by atoms with Gasteiger partial charge in [-0.2, -0.15) is 0 Å². The summed E-state index contributed by atoms with van der Waals surface area (Å²) < 4.78 is 3.29. The molecule has 2 rings (SSSR count). The monoisotopic (exact) mass is 308 g/mol. The zero-order valence-electron chi connectivity index (χ0n) is 12.4. The molecule has 0 aromatic carbocycles. The normalized spacial score (nSPS) is 11.1. The summed E-state index contributed by atoms with van der Waals surface area (Å²) in [7, 11) is 1.62. The van der Waals surface area contributed by atoms with E-state index in [2.05, 4.69) is 23.5 Å². The summed E-state index contributed by atoms with van der Waals surface area (Å²) in [6, 6.07) is 0. The Labute approximate surface area is 126 Å². The summed E-state index contributed by atoms with van der Waals surface area (Å²) >= 11 is 1.52. The number of hydrogen-bond donors (Lipinski definition) is 1. The smallest absolute Gasteiger partial charge is 0.313 e. The first-order valence-corrected chi connectivity index (χ1v) is 8.02. The third kappa shape index (κ3) is 3.12. The molecule has 0 saturated carbocycles. The molecule has 0 saturated heterocycles. The number of thioether (sulfide) groups is 1. The van der Waals surface area contributed by atoms with Crippen molar-refractivity contribution in [1.82, 2.24) is 19.1 Å². The Morgan fingerprint density at radius 3 is 2.81 bits per heavy atom. The van der Waals surface area contributed by atoms with Crippen LogP contribution in [0.15, 0.2) is 27.4 Å². The minimum atomic E-state index is -0.439. The predicted octanol–water partition coefficient (Wildman–Crippen LogP) is 1.89. The highest BCUT2D eigenvalue weighted by Gasteiger charge is 2.16. The summed E-state index contributed by atoms with van der Waals surface area (Å²) in [6.07, 6.45) is 4.97. The van der Waals surface area contributed by atoms with E-state index in [1.807, 2.05) is 4.57 Å². The van der Waals surface area contributed by atoms with Gasteiger partial charge < -0.3 is 4.57 Å². The Hall–Kier alpha value is -1.76. The van der Waals surface area contributed by atoms with Crippen molar-refractivity contribution in [1.29, 1.82) is 0 Å². The Balaban J connectivity index is 2.59. The highest BCUT2D eigenvalue weighted by molar-refractivity contribution is 7.99. The van der Waals surface area contributed by atoms with Gasteiger partial charge in [-0.1, -0.05) is 37.6 Å². The lowest BCUT2D eigenvalue weighted by Crippen LogP contribution is -2.29. The van der Waals surface area contributed by atoms with Crippen LogP contribution in [-0.4, -0.2) is 24.9 Å². The number of nitrogens with zero attached hydrogens (tertiary/aromatic N) is 3. The highest BCUT2D eigenvalue weighted by Crippen LogP contribution is 2.22. The molecule has 21 heavy (non-hydrogen) atoms. The molecular weight excluding hydrogens is 288 g/mol. The van der Waals surface area contributed by atoms with Crippen LogP contribution in [0.5, 0.6) is 0 Å². The molecule has 0 aliphatic rings. The third-order valence-electron chi connectivity index (χ3n) is 3.29. The van der Waals surface area contributed by atoms with E-state index in [9.17, 15) is 9.59 Å². The van der Waals surface area contributed by atoms with Gasteiger partial charge in [0.2, 0.25) is 0 Å². The van der Waals surface area contributed by atoms with Crippen molar-refractivity contribution in [3.8, 4) is 0 Å². The second-order valence-corrected chi connectivity index (χ2v) is 5.83. The van der Waals surface area contributed by atoms with Crippen molar-refractivity contribution in [2.45, 2.75) is 37.9 Å². The average Bonchev–Trinajstić information content (AvgIpc) is 2.82. The van der Waals surface area contributed by atoms with Gasteiger partial charge in [-0.3, -0.25) is 14.3 Å². The van der Waals surface area contributed by atoms with Gasteiger partial charge in [-0.05, 0) is 6.42 Å². The molecule has 0 radical (unpaired) electrons. The Kier molecular flexibility index (Phi) is 5.06. The molecule has 0 bridgehead atoms. The van der Waals surface area contributed by atoms with Crippen molar-refractivity contribution in [3.63, 3.8) is 0 Å². The number of unbranched alkanes of at least 4 members (excludes halogenated alkanes) is 2. The van der Waals surface area contributed by atoms with Crippen LogP contribution < -0.4 is 11.2 Å². The lowest BCUT2D eigenvalue weighted by molar-refractivity contribution is 0.578. The number of imidazole rings is 1. The zero-order chi connectivity index (χ0) is 15.4. The van der Waals surface area contributed by atoms with Crippen LogP contribution in [0, 0.1) is 0 Å². The molecule has 0 amide bonds. The predicted molar refractivity (Wildman–Crippen MR) is 86.0 cm³/mol. The first-order chi connectivity index (χ1) is 10.1. The van der Waals surface area contributed by atoms with Crippen LogP contribution >= 0.6 is 11.8 Å². The Bertz CT molecular complexity index is 757. The lowest BCUT2D eigenvalue weighted by Gasteiger charge is -2.07. The van der Waals surface area contributed by atoms with Crippen molar-refractivity contribution >= 4 is 22.9 Å². The van der Waals surface area contributed by atoms with Crippen molar-refractivity contribution in [2.75, 3.05) is 5.75 Å². The minimum absolute atomic E-state index is 0.373. The maximum Gasteiger partial charge on any atom is 0.329 e. The van der Waals surface area contributed by atoms with Gasteiger partial charge in [0.05, 0.1) is 0 Å². The molecule has 0 unspecified atom stereocenters. The van der Waals surface area contributed by atoms with Gasteiger partial charge in [0, 0.05) is 19.3 Å². The van der Waals surface area contributed by atoms with E-state index in [1.54, 1.807) is 13.1 Å². The Morgan fingerprint density at radius 1 is 1.38 bits per heavy atom. The quantitative estimate of drug-likeness (QED) is 0.481. The number of rotatable bonds is 7. The van der Waals surface area contributed by atoms with Gasteiger partial charge in [0.15, 0.2) is 16.3 Å². The second kappa shape index (κ2) is 6.80. The molecule has 2 aromatic heterocycles. The number of H-pyrrole nitrogens is 1. The topological polar surface area (TPSA) is 72.7 Å². The molecular formula is C14H20N4O2S. The van der Waals surface area contributed by atoms with Crippen LogP contribution in [0.1, 0.15) is 26.2 Å². The number of aromatic nitrogens is 4. The van der Waals surface area contributed by atoms with Crippen molar-refractivity contribution in [2.24, 2.45) is 7.05 Å². The molecule has 0 atom stereocenters. The zero-order valence-corrected chi connectivity index (χ0v) is 13.2. The maximum atomic E-state index is 12.1. The molecule has 0 aliphatic heterocycles. The molecule has 7 heteroatoms. The van der Waals surface area contributed by atoms with Crippen LogP contribution in [0.25, 0.3) is 11.2 Å². The van der Waals surface area contributed by atoms with Crippen LogP contribution in [0.3, 0.4) is 0 Å². The van der Waals surface area contributed by atoms with Crippen LogP contribution in [0.2, 0.25) is 0 Å². The van der Waals surface area contributed by atoms with E-state index < -0.39 is 5.69 Å². The van der Waals surface area contributed by atoms with Gasteiger partial charge in [-0.25, -0.2) is 9.78 Å². The average molecular weight is 308 g/mol. The summed E-state index contributed by atoms with van der Waals surface area (Å²) in [6.45, 7) is 6.57. The third-order valence-corrected chi connectivity index (χ3v) is 4.26. The van der Waals surface area contributed by atoms with Gasteiger partial charge in [0.1, 0.15) is 0 Å². The number of aromatic amines is 1. The summed E-state index contributed by atoms with van der Waals surface area (Å²) in [4.78, 5) is 30.6. The second-order valence-electron chi connectivity index (χ2n) is 4.84. The molecule has 0 aliphatic carbocycles. The van der Waals surface area contributed by atoms with Gasteiger partial charge in [-0.15, -0.1) is 6.58 Å². The number of aryl methyl sites for hydroxylation is 2.